The molecule has 0 unspecified atom stereocenters. The van der Waals surface area contributed by atoms with E-state index in [4.69, 9.17) is 9.47 Å². The van der Waals surface area contributed by atoms with Crippen molar-refractivity contribution in [2.75, 3.05) is 11.9 Å². The van der Waals surface area contributed by atoms with Crippen LogP contribution in [0.1, 0.15) is 13.8 Å². The van der Waals surface area contributed by atoms with Crippen LogP contribution in [0.2, 0.25) is 0 Å². The summed E-state index contributed by atoms with van der Waals surface area (Å²) in [7, 11) is 0. The highest BCUT2D eigenvalue weighted by atomic mass is 19.2. The third kappa shape index (κ3) is 5.25. The number of anilines is 1. The lowest BCUT2D eigenvalue weighted by atomic mass is 10.3. The maximum absolute atomic E-state index is 13.0. The Morgan fingerprint density at radius 2 is 1.70 bits per heavy atom. The predicted molar refractivity (Wildman–Crippen MR) is 82.7 cm³/mol. The van der Waals surface area contributed by atoms with Gasteiger partial charge in [0, 0.05) is 11.8 Å². The van der Waals surface area contributed by atoms with E-state index >= 15 is 0 Å². The van der Waals surface area contributed by atoms with Gasteiger partial charge >= 0.3 is 0 Å². The Morgan fingerprint density at radius 3 is 2.30 bits per heavy atom. The largest absolute Gasteiger partial charge is 0.491 e. The second-order valence-corrected chi connectivity index (χ2v) is 5.10. The first kappa shape index (κ1) is 16.7. The van der Waals surface area contributed by atoms with Crippen LogP contribution < -0.4 is 14.8 Å². The predicted octanol–water partition coefficient (Wildman–Crippen LogP) is 3.77. The van der Waals surface area contributed by atoms with Crippen molar-refractivity contribution < 1.29 is 23.0 Å². The molecule has 2 rings (SSSR count). The standard InChI is InChI=1S/C17H17F2NO3/c1-11(2)23-13-5-3-12(4-6-13)20-17(21)10-22-14-7-8-15(18)16(19)9-14/h3-9,11H,10H2,1-2H3,(H,20,21). The van der Waals surface area contributed by atoms with Gasteiger partial charge in [-0.1, -0.05) is 0 Å². The van der Waals surface area contributed by atoms with Crippen molar-refractivity contribution in [2.45, 2.75) is 20.0 Å². The van der Waals surface area contributed by atoms with Crippen LogP contribution in [0.4, 0.5) is 14.5 Å². The van der Waals surface area contributed by atoms with Crippen molar-refractivity contribution in [2.24, 2.45) is 0 Å². The Labute approximate surface area is 133 Å². The topological polar surface area (TPSA) is 47.6 Å². The number of carbonyl (C=O) groups excluding carboxylic acids is 1. The molecule has 0 saturated carbocycles. The quantitative estimate of drug-likeness (QED) is 0.881. The van der Waals surface area contributed by atoms with Crippen molar-refractivity contribution >= 4 is 11.6 Å². The lowest BCUT2D eigenvalue weighted by Gasteiger charge is -2.11. The van der Waals surface area contributed by atoms with E-state index in [1.165, 1.54) is 6.07 Å². The van der Waals surface area contributed by atoms with E-state index in [-0.39, 0.29) is 18.5 Å². The van der Waals surface area contributed by atoms with E-state index in [1.807, 2.05) is 13.8 Å². The second-order valence-electron chi connectivity index (χ2n) is 5.10. The fraction of sp³-hybridized carbons (Fsp3) is 0.235. The number of hydrogen-bond acceptors (Lipinski definition) is 3. The van der Waals surface area contributed by atoms with Gasteiger partial charge in [-0.25, -0.2) is 8.78 Å². The Morgan fingerprint density at radius 1 is 1.04 bits per heavy atom. The maximum Gasteiger partial charge on any atom is 0.262 e. The molecule has 4 nitrogen and oxygen atoms in total. The zero-order chi connectivity index (χ0) is 16.8. The molecule has 6 heteroatoms. The molecule has 122 valence electrons. The minimum absolute atomic E-state index is 0.0694. The Bertz CT molecular complexity index is 672. The van der Waals surface area contributed by atoms with Gasteiger partial charge in [0.05, 0.1) is 6.10 Å². The highest BCUT2D eigenvalue weighted by Gasteiger charge is 2.07. The Hall–Kier alpha value is -2.63. The summed E-state index contributed by atoms with van der Waals surface area (Å²) >= 11 is 0. The third-order valence-corrected chi connectivity index (χ3v) is 2.77. The average molecular weight is 321 g/mol. The number of benzene rings is 2. The summed E-state index contributed by atoms with van der Waals surface area (Å²) in [5, 5.41) is 2.63. The van der Waals surface area contributed by atoms with Gasteiger partial charge in [0.15, 0.2) is 18.2 Å². The first-order valence-corrected chi connectivity index (χ1v) is 7.08. The first-order valence-electron chi connectivity index (χ1n) is 7.08. The molecule has 0 aliphatic carbocycles. The molecule has 0 heterocycles. The summed E-state index contributed by atoms with van der Waals surface area (Å²) in [6.07, 6.45) is 0.0694. The summed E-state index contributed by atoms with van der Waals surface area (Å²) < 4.78 is 36.4. The summed E-state index contributed by atoms with van der Waals surface area (Å²) in [6.45, 7) is 3.53. The number of hydrogen-bond donors (Lipinski definition) is 1. The van der Waals surface area contributed by atoms with Crippen LogP contribution >= 0.6 is 0 Å². The molecule has 0 aromatic heterocycles. The zero-order valence-electron chi connectivity index (χ0n) is 12.8. The number of amides is 1. The molecule has 0 aliphatic rings. The zero-order valence-corrected chi connectivity index (χ0v) is 12.8. The summed E-state index contributed by atoms with van der Waals surface area (Å²) in [6, 6.07) is 9.97. The van der Waals surface area contributed by atoms with E-state index in [1.54, 1.807) is 24.3 Å². The number of nitrogens with one attached hydrogen (secondary N) is 1. The van der Waals surface area contributed by atoms with Crippen LogP contribution in [0.5, 0.6) is 11.5 Å². The van der Waals surface area contributed by atoms with Crippen LogP contribution in [0.25, 0.3) is 0 Å². The number of rotatable bonds is 6. The van der Waals surface area contributed by atoms with Crippen LogP contribution in [0.15, 0.2) is 42.5 Å². The van der Waals surface area contributed by atoms with Crippen molar-refractivity contribution in [3.63, 3.8) is 0 Å². The monoisotopic (exact) mass is 321 g/mol. The van der Waals surface area contributed by atoms with Gasteiger partial charge < -0.3 is 14.8 Å². The number of carbonyl (C=O) groups is 1. The summed E-state index contributed by atoms with van der Waals surface area (Å²) in [5.74, 6) is -1.61. The summed E-state index contributed by atoms with van der Waals surface area (Å²) in [4.78, 5) is 11.8. The normalized spacial score (nSPS) is 10.5. The van der Waals surface area contributed by atoms with Gasteiger partial charge in [-0.3, -0.25) is 4.79 Å². The molecule has 0 fully saturated rings. The van der Waals surface area contributed by atoms with Gasteiger partial charge in [-0.15, -0.1) is 0 Å². The molecule has 0 saturated heterocycles. The van der Waals surface area contributed by atoms with Crippen LogP contribution in [-0.4, -0.2) is 18.6 Å². The second kappa shape index (κ2) is 7.58. The fourth-order valence-electron chi connectivity index (χ4n) is 1.80. The fourth-order valence-corrected chi connectivity index (χ4v) is 1.80. The molecular weight excluding hydrogens is 304 g/mol. The molecule has 0 radical (unpaired) electrons. The molecular formula is C17H17F2NO3. The van der Waals surface area contributed by atoms with Crippen molar-refractivity contribution in [3.8, 4) is 11.5 Å². The van der Waals surface area contributed by atoms with Crippen molar-refractivity contribution in [1.82, 2.24) is 0 Å². The average Bonchev–Trinajstić information content (AvgIpc) is 2.50. The van der Waals surface area contributed by atoms with E-state index < -0.39 is 17.5 Å². The molecule has 2 aromatic carbocycles. The molecule has 0 spiro atoms. The summed E-state index contributed by atoms with van der Waals surface area (Å²) in [5.41, 5.74) is 0.583. The van der Waals surface area contributed by atoms with E-state index in [0.717, 1.165) is 12.1 Å². The van der Waals surface area contributed by atoms with Gasteiger partial charge in [0.1, 0.15) is 11.5 Å². The van der Waals surface area contributed by atoms with Crippen LogP contribution in [0, 0.1) is 11.6 Å². The lowest BCUT2D eigenvalue weighted by molar-refractivity contribution is -0.118. The van der Waals surface area contributed by atoms with Crippen molar-refractivity contribution in [1.29, 1.82) is 0 Å². The molecule has 23 heavy (non-hydrogen) atoms. The molecule has 1 N–H and O–H groups in total. The van der Waals surface area contributed by atoms with Crippen LogP contribution in [-0.2, 0) is 4.79 Å². The molecule has 0 aliphatic heterocycles. The van der Waals surface area contributed by atoms with Gasteiger partial charge in [0.2, 0.25) is 0 Å². The van der Waals surface area contributed by atoms with Crippen LogP contribution in [0.3, 0.4) is 0 Å². The SMILES string of the molecule is CC(C)Oc1ccc(NC(=O)COc2ccc(F)c(F)c2)cc1. The van der Waals surface area contributed by atoms with E-state index in [9.17, 15) is 13.6 Å². The van der Waals surface area contributed by atoms with Crippen molar-refractivity contribution in [3.05, 3.63) is 54.1 Å². The smallest absolute Gasteiger partial charge is 0.262 e. The first-order chi connectivity index (χ1) is 10.9. The van der Waals surface area contributed by atoms with E-state index in [0.29, 0.717) is 11.4 Å². The number of ether oxygens (including phenoxy) is 2. The van der Waals surface area contributed by atoms with E-state index in [2.05, 4.69) is 5.32 Å². The van der Waals surface area contributed by atoms with Gasteiger partial charge in [-0.2, -0.15) is 0 Å². The highest BCUT2D eigenvalue weighted by Crippen LogP contribution is 2.18. The van der Waals surface area contributed by atoms with Gasteiger partial charge in [-0.05, 0) is 50.2 Å². The van der Waals surface area contributed by atoms with Gasteiger partial charge in [0.25, 0.3) is 5.91 Å². The molecule has 2 aromatic rings. The Balaban J connectivity index is 1.85. The highest BCUT2D eigenvalue weighted by molar-refractivity contribution is 5.91. The molecule has 1 amide bonds. The third-order valence-electron chi connectivity index (χ3n) is 2.77. The minimum atomic E-state index is -1.02. The Kier molecular flexibility index (Phi) is 5.51. The molecule has 0 atom stereocenters. The maximum atomic E-state index is 13.0. The lowest BCUT2D eigenvalue weighted by Crippen LogP contribution is -2.20. The number of halogens is 2. The minimum Gasteiger partial charge on any atom is -0.491 e. The molecule has 0 bridgehead atoms.